The third-order valence-electron chi connectivity index (χ3n) is 2.00. The van der Waals surface area contributed by atoms with Gasteiger partial charge in [0.25, 0.3) is 0 Å². The first kappa shape index (κ1) is 11.6. The summed E-state index contributed by atoms with van der Waals surface area (Å²) in [4.78, 5) is 10.1. The molecule has 0 radical (unpaired) electrons. The second-order valence-electron chi connectivity index (χ2n) is 3.56. The van der Waals surface area contributed by atoms with E-state index in [1.807, 2.05) is 6.92 Å². The van der Waals surface area contributed by atoms with Crippen molar-refractivity contribution in [3.05, 3.63) is 0 Å². The van der Waals surface area contributed by atoms with E-state index in [2.05, 4.69) is 13.8 Å². The van der Waals surface area contributed by atoms with E-state index in [0.29, 0.717) is 24.9 Å². The summed E-state index contributed by atoms with van der Waals surface area (Å²) in [5.41, 5.74) is 0. The number of hydrogen-bond donors (Lipinski definition) is 0. The molecule has 0 rings (SSSR count). The molecule has 2 heteroatoms. The van der Waals surface area contributed by atoms with Crippen molar-refractivity contribution in [1.29, 1.82) is 0 Å². The Hall–Kier alpha value is -0.370. The van der Waals surface area contributed by atoms with Crippen molar-refractivity contribution in [2.45, 2.75) is 33.6 Å². The molecule has 2 atom stereocenters. The molecule has 0 fully saturated rings. The molecule has 0 saturated heterocycles. The lowest BCUT2D eigenvalue weighted by Gasteiger charge is -2.12. The zero-order valence-corrected chi connectivity index (χ0v) is 8.38. The van der Waals surface area contributed by atoms with Crippen LogP contribution in [-0.2, 0) is 9.53 Å². The van der Waals surface area contributed by atoms with Crippen molar-refractivity contribution in [1.82, 2.24) is 0 Å². The highest BCUT2D eigenvalue weighted by molar-refractivity contribution is 5.49. The number of hydrogen-bond acceptors (Lipinski definition) is 2. The number of aldehydes is 1. The quantitative estimate of drug-likeness (QED) is 0.551. The lowest BCUT2D eigenvalue weighted by Crippen LogP contribution is -2.11. The predicted octanol–water partition coefficient (Wildman–Crippen LogP) is 2.27. The minimum atomic E-state index is 0.367. The lowest BCUT2D eigenvalue weighted by atomic mass is 10.1. The molecular formula is C10H20O2. The second kappa shape index (κ2) is 7.29. The molecule has 0 amide bonds. The Balaban J connectivity index is 3.23. The maximum Gasteiger partial charge on any atom is 0.120 e. The van der Waals surface area contributed by atoms with Crippen molar-refractivity contribution >= 4 is 6.29 Å². The van der Waals surface area contributed by atoms with Gasteiger partial charge in [0, 0.05) is 19.6 Å². The van der Waals surface area contributed by atoms with E-state index in [4.69, 9.17) is 4.74 Å². The molecule has 0 saturated carbocycles. The fourth-order valence-corrected chi connectivity index (χ4v) is 0.821. The van der Waals surface area contributed by atoms with Gasteiger partial charge in [0.1, 0.15) is 6.29 Å². The van der Waals surface area contributed by atoms with Crippen LogP contribution >= 0.6 is 0 Å². The van der Waals surface area contributed by atoms with Crippen molar-refractivity contribution in [2.24, 2.45) is 11.8 Å². The topological polar surface area (TPSA) is 26.3 Å². The summed E-state index contributed by atoms with van der Waals surface area (Å²) in [5, 5.41) is 0. The van der Waals surface area contributed by atoms with Crippen LogP contribution in [0.4, 0.5) is 0 Å². The summed E-state index contributed by atoms with van der Waals surface area (Å²) in [7, 11) is 0. The molecule has 1 unspecified atom stereocenters. The predicted molar refractivity (Wildman–Crippen MR) is 50.1 cm³/mol. The minimum absolute atomic E-state index is 0.367. The summed E-state index contributed by atoms with van der Waals surface area (Å²) in [5.74, 6) is 1.000. The van der Waals surface area contributed by atoms with E-state index in [1.54, 1.807) is 0 Å². The van der Waals surface area contributed by atoms with Crippen LogP contribution in [0, 0.1) is 11.8 Å². The van der Waals surface area contributed by atoms with Crippen molar-refractivity contribution in [3.8, 4) is 0 Å². The van der Waals surface area contributed by atoms with E-state index in [-0.39, 0.29) is 0 Å². The molecule has 0 aliphatic heterocycles. The van der Waals surface area contributed by atoms with Crippen LogP contribution in [0.3, 0.4) is 0 Å². The molecule has 2 nitrogen and oxygen atoms in total. The first-order chi connectivity index (χ1) is 5.70. The van der Waals surface area contributed by atoms with E-state index < -0.39 is 0 Å². The highest BCUT2D eigenvalue weighted by Crippen LogP contribution is 2.04. The van der Waals surface area contributed by atoms with Crippen LogP contribution < -0.4 is 0 Å². The molecule has 0 aromatic rings. The zero-order chi connectivity index (χ0) is 9.40. The lowest BCUT2D eigenvalue weighted by molar-refractivity contribution is -0.109. The summed E-state index contributed by atoms with van der Waals surface area (Å²) < 4.78 is 5.44. The van der Waals surface area contributed by atoms with E-state index in [0.717, 1.165) is 19.3 Å². The molecule has 0 aliphatic carbocycles. The minimum Gasteiger partial charge on any atom is -0.381 e. The SMILES string of the molecule is CCC(C)COC[C@H](C)CC=O. The average Bonchev–Trinajstić information content (AvgIpc) is 2.04. The Morgan fingerprint density at radius 1 is 1.25 bits per heavy atom. The summed E-state index contributed by atoms with van der Waals surface area (Å²) in [6.07, 6.45) is 2.72. The van der Waals surface area contributed by atoms with Gasteiger partial charge in [0.05, 0.1) is 0 Å². The Morgan fingerprint density at radius 2 is 1.83 bits per heavy atom. The summed E-state index contributed by atoms with van der Waals surface area (Å²) >= 11 is 0. The highest BCUT2D eigenvalue weighted by Gasteiger charge is 2.02. The number of ether oxygens (including phenoxy) is 1. The first-order valence-electron chi connectivity index (χ1n) is 4.72. The molecule has 12 heavy (non-hydrogen) atoms. The Kier molecular flexibility index (Phi) is 7.06. The second-order valence-corrected chi connectivity index (χ2v) is 3.56. The molecule has 0 heterocycles. The van der Waals surface area contributed by atoms with Crippen LogP contribution in [0.25, 0.3) is 0 Å². The molecule has 0 aromatic carbocycles. The maximum absolute atomic E-state index is 10.1. The van der Waals surface area contributed by atoms with Gasteiger partial charge in [-0.3, -0.25) is 0 Å². The number of carbonyl (C=O) groups is 1. The highest BCUT2D eigenvalue weighted by atomic mass is 16.5. The molecule has 0 aromatic heterocycles. The van der Waals surface area contributed by atoms with Crippen LogP contribution in [-0.4, -0.2) is 19.5 Å². The van der Waals surface area contributed by atoms with Gasteiger partial charge in [-0.05, 0) is 11.8 Å². The van der Waals surface area contributed by atoms with Crippen LogP contribution in [0.1, 0.15) is 33.6 Å². The van der Waals surface area contributed by atoms with E-state index >= 15 is 0 Å². The number of rotatable bonds is 7. The summed E-state index contributed by atoms with van der Waals surface area (Å²) in [6.45, 7) is 7.89. The molecule has 0 N–H and O–H groups in total. The van der Waals surface area contributed by atoms with E-state index in [9.17, 15) is 4.79 Å². The van der Waals surface area contributed by atoms with Gasteiger partial charge in [-0.2, -0.15) is 0 Å². The fourth-order valence-electron chi connectivity index (χ4n) is 0.821. The van der Waals surface area contributed by atoms with Gasteiger partial charge in [0.15, 0.2) is 0 Å². The van der Waals surface area contributed by atoms with Gasteiger partial charge in [0.2, 0.25) is 0 Å². The molecule has 0 spiro atoms. The molecule has 0 aliphatic rings. The fraction of sp³-hybridized carbons (Fsp3) is 0.900. The maximum atomic E-state index is 10.1. The van der Waals surface area contributed by atoms with Crippen LogP contribution in [0.15, 0.2) is 0 Å². The van der Waals surface area contributed by atoms with Gasteiger partial charge < -0.3 is 9.53 Å². The van der Waals surface area contributed by atoms with E-state index in [1.165, 1.54) is 0 Å². The van der Waals surface area contributed by atoms with Crippen LogP contribution in [0.5, 0.6) is 0 Å². The van der Waals surface area contributed by atoms with Crippen molar-refractivity contribution in [2.75, 3.05) is 13.2 Å². The van der Waals surface area contributed by atoms with Gasteiger partial charge >= 0.3 is 0 Å². The van der Waals surface area contributed by atoms with Crippen molar-refractivity contribution < 1.29 is 9.53 Å². The van der Waals surface area contributed by atoms with Crippen LogP contribution in [0.2, 0.25) is 0 Å². The normalized spacial score (nSPS) is 15.6. The monoisotopic (exact) mass is 172 g/mol. The molecule has 0 bridgehead atoms. The average molecular weight is 172 g/mol. The van der Waals surface area contributed by atoms with Gasteiger partial charge in [-0.1, -0.05) is 27.2 Å². The van der Waals surface area contributed by atoms with Crippen molar-refractivity contribution in [3.63, 3.8) is 0 Å². The molecular weight excluding hydrogens is 152 g/mol. The molecule has 72 valence electrons. The van der Waals surface area contributed by atoms with Gasteiger partial charge in [-0.25, -0.2) is 0 Å². The largest absolute Gasteiger partial charge is 0.381 e. The Bertz CT molecular complexity index is 112. The Labute approximate surface area is 75.3 Å². The zero-order valence-electron chi connectivity index (χ0n) is 8.38. The summed E-state index contributed by atoms with van der Waals surface area (Å²) in [6, 6.07) is 0. The Morgan fingerprint density at radius 3 is 2.33 bits per heavy atom. The third-order valence-corrected chi connectivity index (χ3v) is 2.00. The number of carbonyl (C=O) groups excluding carboxylic acids is 1. The van der Waals surface area contributed by atoms with Gasteiger partial charge in [-0.15, -0.1) is 0 Å². The third kappa shape index (κ3) is 6.35. The first-order valence-corrected chi connectivity index (χ1v) is 4.72. The standard InChI is InChI=1S/C10H20O2/c1-4-9(2)7-12-8-10(3)5-6-11/h6,9-10H,4-5,7-8H2,1-3H3/t9?,10-/m1/s1. The smallest absolute Gasteiger partial charge is 0.120 e.